The van der Waals surface area contributed by atoms with E-state index < -0.39 is 0 Å². The zero-order chi connectivity index (χ0) is 22.3. The molecule has 1 fully saturated rings. The van der Waals surface area contributed by atoms with Gasteiger partial charge in [-0.2, -0.15) is 0 Å². The highest BCUT2D eigenvalue weighted by molar-refractivity contribution is 6.41. The van der Waals surface area contributed by atoms with Crippen molar-refractivity contribution in [1.29, 1.82) is 0 Å². The van der Waals surface area contributed by atoms with Gasteiger partial charge in [-0.05, 0) is 50.6 Å². The van der Waals surface area contributed by atoms with Crippen LogP contribution in [0.25, 0.3) is 5.57 Å². The van der Waals surface area contributed by atoms with Gasteiger partial charge in [0, 0.05) is 48.5 Å². The highest BCUT2D eigenvalue weighted by atomic mass is 35.5. The Bertz CT molecular complexity index is 1070. The third kappa shape index (κ3) is 4.04. The summed E-state index contributed by atoms with van der Waals surface area (Å²) in [4.78, 5) is 32.3. The zero-order valence-electron chi connectivity index (χ0n) is 17.9. The number of amides is 2. The van der Waals surface area contributed by atoms with E-state index in [0.29, 0.717) is 40.0 Å². The second-order valence-corrected chi connectivity index (χ2v) is 9.08. The van der Waals surface area contributed by atoms with Crippen LogP contribution in [0.4, 0.5) is 5.69 Å². The summed E-state index contributed by atoms with van der Waals surface area (Å²) in [5, 5.41) is 0.852. The van der Waals surface area contributed by atoms with E-state index in [4.69, 9.17) is 23.2 Å². The van der Waals surface area contributed by atoms with Crippen molar-refractivity contribution in [3.05, 3.63) is 69.3 Å². The summed E-state index contributed by atoms with van der Waals surface area (Å²) in [5.41, 5.74) is 3.73. The van der Waals surface area contributed by atoms with E-state index in [9.17, 15) is 9.59 Å². The molecule has 2 heterocycles. The van der Waals surface area contributed by atoms with Crippen LogP contribution in [0.3, 0.4) is 0 Å². The fourth-order valence-corrected chi connectivity index (χ4v) is 4.75. The molecule has 0 radical (unpaired) electrons. The topological polar surface area (TPSA) is 43.9 Å². The van der Waals surface area contributed by atoms with Crippen LogP contribution in [0.5, 0.6) is 0 Å². The molecule has 0 aliphatic carbocycles. The third-order valence-electron chi connectivity index (χ3n) is 5.77. The third-order valence-corrected chi connectivity index (χ3v) is 6.32. The first-order valence-electron chi connectivity index (χ1n) is 10.4. The first-order chi connectivity index (χ1) is 14.8. The quantitative estimate of drug-likeness (QED) is 0.628. The summed E-state index contributed by atoms with van der Waals surface area (Å²) in [6.45, 7) is 8.57. The summed E-state index contributed by atoms with van der Waals surface area (Å²) >= 11 is 12.5. The molecule has 0 atom stereocenters. The number of carbonyl (C=O) groups is 2. The number of benzene rings is 2. The lowest BCUT2D eigenvalue weighted by Gasteiger charge is -2.38. The van der Waals surface area contributed by atoms with E-state index in [1.807, 2.05) is 18.7 Å². The maximum Gasteiger partial charge on any atom is 0.278 e. The van der Waals surface area contributed by atoms with Crippen molar-refractivity contribution >= 4 is 46.3 Å². The number of aryl methyl sites for hydroxylation is 1. The summed E-state index contributed by atoms with van der Waals surface area (Å²) < 4.78 is 0. The van der Waals surface area contributed by atoms with E-state index in [2.05, 4.69) is 36.1 Å². The minimum Gasteiger partial charge on any atom is -0.368 e. The van der Waals surface area contributed by atoms with Gasteiger partial charge < -0.3 is 9.80 Å². The summed E-state index contributed by atoms with van der Waals surface area (Å²) in [6.07, 6.45) is 0. The molecule has 2 aromatic rings. The zero-order valence-corrected chi connectivity index (χ0v) is 19.4. The van der Waals surface area contributed by atoms with Crippen LogP contribution >= 0.6 is 23.2 Å². The Kier molecular flexibility index (Phi) is 6.00. The van der Waals surface area contributed by atoms with Crippen LogP contribution in [0.15, 0.2) is 48.2 Å². The molecule has 2 amide bonds. The molecule has 5 nitrogen and oxygen atoms in total. The lowest BCUT2D eigenvalue weighted by Crippen LogP contribution is -2.48. The van der Waals surface area contributed by atoms with Crippen molar-refractivity contribution in [3.63, 3.8) is 0 Å². The Labute approximate surface area is 192 Å². The number of nitrogens with zero attached hydrogens (tertiary/aromatic N) is 3. The van der Waals surface area contributed by atoms with Crippen molar-refractivity contribution in [3.8, 4) is 0 Å². The monoisotopic (exact) mass is 457 g/mol. The molecule has 1 saturated heterocycles. The van der Waals surface area contributed by atoms with Crippen LogP contribution in [0.1, 0.15) is 25.0 Å². The Morgan fingerprint density at radius 3 is 2.16 bits per heavy atom. The van der Waals surface area contributed by atoms with Gasteiger partial charge >= 0.3 is 0 Å². The summed E-state index contributed by atoms with van der Waals surface area (Å²) in [6, 6.07) is 13.2. The van der Waals surface area contributed by atoms with Crippen molar-refractivity contribution in [1.82, 2.24) is 9.80 Å². The Morgan fingerprint density at radius 2 is 1.55 bits per heavy atom. The Morgan fingerprint density at radius 1 is 0.871 bits per heavy atom. The standard InChI is InChI=1S/C24H25Cl2N3O2/c1-15(2)29-23(30)21(19-8-7-17(25)14-20(19)26)22(24(29)31)28-11-9-27(10-12-28)18-6-4-5-16(3)13-18/h4-8,13-15H,9-12H2,1-3H3. The van der Waals surface area contributed by atoms with Gasteiger partial charge in [-0.3, -0.25) is 14.5 Å². The highest BCUT2D eigenvalue weighted by Crippen LogP contribution is 2.37. The molecule has 0 bridgehead atoms. The smallest absolute Gasteiger partial charge is 0.278 e. The number of hydrogen-bond donors (Lipinski definition) is 0. The number of imide groups is 1. The van der Waals surface area contributed by atoms with Gasteiger partial charge in [-0.1, -0.05) is 41.4 Å². The van der Waals surface area contributed by atoms with Crippen molar-refractivity contribution in [2.75, 3.05) is 31.1 Å². The fraction of sp³-hybridized carbons (Fsp3) is 0.333. The minimum absolute atomic E-state index is 0.243. The van der Waals surface area contributed by atoms with Crippen molar-refractivity contribution in [2.45, 2.75) is 26.8 Å². The number of hydrogen-bond acceptors (Lipinski definition) is 4. The van der Waals surface area contributed by atoms with Gasteiger partial charge in [0.2, 0.25) is 0 Å². The molecule has 162 valence electrons. The summed E-state index contributed by atoms with van der Waals surface area (Å²) in [5.74, 6) is -0.564. The van der Waals surface area contributed by atoms with Gasteiger partial charge in [0.15, 0.2) is 0 Å². The van der Waals surface area contributed by atoms with Gasteiger partial charge in [0.05, 0.1) is 10.6 Å². The molecule has 7 heteroatoms. The molecule has 0 N–H and O–H groups in total. The van der Waals surface area contributed by atoms with Crippen LogP contribution in [0, 0.1) is 6.92 Å². The van der Waals surface area contributed by atoms with Gasteiger partial charge in [-0.25, -0.2) is 0 Å². The second kappa shape index (κ2) is 8.56. The molecule has 4 rings (SSSR count). The molecular weight excluding hydrogens is 433 g/mol. The predicted molar refractivity (Wildman–Crippen MR) is 125 cm³/mol. The van der Waals surface area contributed by atoms with Gasteiger partial charge in [0.25, 0.3) is 11.8 Å². The average Bonchev–Trinajstić information content (AvgIpc) is 2.98. The van der Waals surface area contributed by atoms with Crippen molar-refractivity contribution in [2.24, 2.45) is 0 Å². The highest BCUT2D eigenvalue weighted by Gasteiger charge is 2.43. The van der Waals surface area contributed by atoms with E-state index in [1.54, 1.807) is 18.2 Å². The molecule has 0 unspecified atom stereocenters. The molecule has 2 aliphatic heterocycles. The van der Waals surface area contributed by atoms with E-state index in [-0.39, 0.29) is 17.9 Å². The number of rotatable bonds is 4. The molecule has 31 heavy (non-hydrogen) atoms. The number of piperazine rings is 1. The van der Waals surface area contributed by atoms with Crippen LogP contribution in [0.2, 0.25) is 10.0 Å². The molecular formula is C24H25Cl2N3O2. The van der Waals surface area contributed by atoms with Crippen molar-refractivity contribution < 1.29 is 9.59 Å². The van der Waals surface area contributed by atoms with Crippen LogP contribution in [-0.2, 0) is 9.59 Å². The number of carbonyl (C=O) groups excluding carboxylic acids is 2. The maximum absolute atomic E-state index is 13.3. The molecule has 0 spiro atoms. The first-order valence-corrected chi connectivity index (χ1v) is 11.2. The van der Waals surface area contributed by atoms with E-state index >= 15 is 0 Å². The lowest BCUT2D eigenvalue weighted by molar-refractivity contribution is -0.139. The second-order valence-electron chi connectivity index (χ2n) is 8.23. The first kappa shape index (κ1) is 21.7. The average molecular weight is 458 g/mol. The van der Waals surface area contributed by atoms with E-state index in [1.165, 1.54) is 16.2 Å². The summed E-state index contributed by atoms with van der Waals surface area (Å²) in [7, 11) is 0. The Hall–Kier alpha value is -2.50. The molecule has 2 aromatic carbocycles. The lowest BCUT2D eigenvalue weighted by atomic mass is 10.0. The number of halogens is 2. The Balaban J connectivity index is 1.68. The predicted octanol–water partition coefficient (Wildman–Crippen LogP) is 4.61. The molecule has 2 aliphatic rings. The normalized spacial score (nSPS) is 17.4. The molecule has 0 aromatic heterocycles. The van der Waals surface area contributed by atoms with Gasteiger partial charge in [-0.15, -0.1) is 0 Å². The SMILES string of the molecule is Cc1cccc(N2CCN(C3=C(c4ccc(Cl)cc4Cl)C(=O)N(C(C)C)C3=O)CC2)c1. The minimum atomic E-state index is -0.305. The van der Waals surface area contributed by atoms with Crippen LogP contribution < -0.4 is 4.90 Å². The van der Waals surface area contributed by atoms with Gasteiger partial charge in [0.1, 0.15) is 5.70 Å². The van der Waals surface area contributed by atoms with Crippen LogP contribution in [-0.4, -0.2) is 53.8 Å². The molecule has 0 saturated carbocycles. The fourth-order valence-electron chi connectivity index (χ4n) is 4.25. The number of anilines is 1. The van der Waals surface area contributed by atoms with E-state index in [0.717, 1.165) is 13.1 Å². The maximum atomic E-state index is 13.3. The largest absolute Gasteiger partial charge is 0.368 e.